The summed E-state index contributed by atoms with van der Waals surface area (Å²) in [4.78, 5) is 9.97. The first kappa shape index (κ1) is 13.9. The van der Waals surface area contributed by atoms with Gasteiger partial charge in [0.25, 0.3) is 5.69 Å². The molecule has 0 aromatic heterocycles. The van der Waals surface area contributed by atoms with Gasteiger partial charge in [-0.2, -0.15) is 0 Å². The molecule has 0 spiro atoms. The molecule has 1 aromatic carbocycles. The number of aliphatic hydroxyl groups is 2. The molecule has 3 N–H and O–H groups in total. The predicted molar refractivity (Wildman–Crippen MR) is 62.9 cm³/mol. The van der Waals surface area contributed by atoms with Gasteiger partial charge in [-0.3, -0.25) is 10.1 Å². The first-order chi connectivity index (χ1) is 8.08. The maximum Gasteiger partial charge on any atom is 0.270 e. The predicted octanol–water partition coefficient (Wildman–Crippen LogP) is 0.691. The Morgan fingerprint density at radius 1 is 1.41 bits per heavy atom. The second-order valence-corrected chi connectivity index (χ2v) is 3.88. The first-order valence-corrected chi connectivity index (χ1v) is 5.34. The highest BCUT2D eigenvalue weighted by atomic mass is 35.5. The van der Waals surface area contributed by atoms with Gasteiger partial charge in [0.2, 0.25) is 0 Å². The van der Waals surface area contributed by atoms with E-state index in [-0.39, 0.29) is 23.9 Å². The Balaban J connectivity index is 2.69. The van der Waals surface area contributed by atoms with Crippen LogP contribution in [0.5, 0.6) is 0 Å². The van der Waals surface area contributed by atoms with Crippen LogP contribution in [0, 0.1) is 10.1 Å². The summed E-state index contributed by atoms with van der Waals surface area (Å²) in [5.41, 5.74) is 0.601. The van der Waals surface area contributed by atoms with E-state index < -0.39 is 11.0 Å². The Hall–Kier alpha value is -1.21. The number of non-ortho nitro benzene ring substituents is 1. The molecule has 0 saturated carbocycles. The van der Waals surface area contributed by atoms with Gasteiger partial charge >= 0.3 is 0 Å². The van der Waals surface area contributed by atoms with Crippen LogP contribution in [0.2, 0.25) is 5.02 Å². The number of nitro benzene ring substituents is 1. The molecule has 0 radical (unpaired) electrons. The van der Waals surface area contributed by atoms with Gasteiger partial charge < -0.3 is 15.5 Å². The van der Waals surface area contributed by atoms with Crippen LogP contribution in [0.3, 0.4) is 0 Å². The van der Waals surface area contributed by atoms with E-state index in [2.05, 4.69) is 5.32 Å². The van der Waals surface area contributed by atoms with Gasteiger partial charge in [-0.25, -0.2) is 0 Å². The first-order valence-electron chi connectivity index (χ1n) is 4.96. The van der Waals surface area contributed by atoms with E-state index in [0.29, 0.717) is 12.1 Å². The lowest BCUT2D eigenvalue weighted by atomic mass is 10.2. The Morgan fingerprint density at radius 2 is 2.06 bits per heavy atom. The summed E-state index contributed by atoms with van der Waals surface area (Å²) in [6.07, 6.45) is 0. The molecule has 0 aliphatic rings. The number of benzene rings is 1. The fourth-order valence-electron chi connectivity index (χ4n) is 1.23. The summed E-state index contributed by atoms with van der Waals surface area (Å²) in [7, 11) is 0. The molecule has 0 amide bonds. The molecule has 7 heteroatoms. The summed E-state index contributed by atoms with van der Waals surface area (Å²) in [6.45, 7) is -0.0647. The standard InChI is InChI=1S/C10H13ClN2O4/c11-10-3-9(13(16)17)2-1-7(10)4-12-8(5-14)6-15/h1-3,8,12,14-15H,4-6H2. The van der Waals surface area contributed by atoms with Crippen LogP contribution in [-0.4, -0.2) is 34.4 Å². The quantitative estimate of drug-likeness (QED) is 0.517. The number of aliphatic hydroxyl groups excluding tert-OH is 2. The highest BCUT2D eigenvalue weighted by Crippen LogP contribution is 2.22. The molecule has 0 aliphatic carbocycles. The molecule has 0 bridgehead atoms. The summed E-state index contributed by atoms with van der Waals surface area (Å²) in [5.74, 6) is 0. The molecule has 0 unspecified atom stereocenters. The lowest BCUT2D eigenvalue weighted by molar-refractivity contribution is -0.384. The average molecular weight is 261 g/mol. The second kappa shape index (κ2) is 6.51. The third-order valence-electron chi connectivity index (χ3n) is 2.27. The number of nitro groups is 1. The van der Waals surface area contributed by atoms with E-state index >= 15 is 0 Å². The highest BCUT2D eigenvalue weighted by molar-refractivity contribution is 6.31. The molecule has 0 aliphatic heterocycles. The fourth-order valence-corrected chi connectivity index (χ4v) is 1.48. The van der Waals surface area contributed by atoms with Crippen LogP contribution in [0.4, 0.5) is 5.69 Å². The van der Waals surface area contributed by atoms with Crippen molar-refractivity contribution in [3.8, 4) is 0 Å². The molecule has 0 fully saturated rings. The zero-order chi connectivity index (χ0) is 12.8. The van der Waals surface area contributed by atoms with E-state index in [1.54, 1.807) is 6.07 Å². The minimum atomic E-state index is -0.520. The van der Waals surface area contributed by atoms with Crippen molar-refractivity contribution in [2.24, 2.45) is 0 Å². The van der Waals surface area contributed by atoms with Crippen molar-refractivity contribution in [2.75, 3.05) is 13.2 Å². The number of nitrogens with one attached hydrogen (secondary N) is 1. The summed E-state index contributed by atoms with van der Waals surface area (Å²) in [6, 6.07) is 3.74. The lowest BCUT2D eigenvalue weighted by Crippen LogP contribution is -2.35. The van der Waals surface area contributed by atoms with E-state index in [1.807, 2.05) is 0 Å². The van der Waals surface area contributed by atoms with Crippen LogP contribution in [-0.2, 0) is 6.54 Å². The molecular formula is C10H13ClN2O4. The van der Waals surface area contributed by atoms with Crippen LogP contribution in [0.25, 0.3) is 0 Å². The van der Waals surface area contributed by atoms with Gasteiger partial charge in [-0.1, -0.05) is 11.6 Å². The number of halogens is 1. The van der Waals surface area contributed by atoms with Crippen LogP contribution < -0.4 is 5.32 Å². The SMILES string of the molecule is O=[N+]([O-])c1ccc(CNC(CO)CO)c(Cl)c1. The number of rotatable bonds is 6. The number of nitrogens with zero attached hydrogens (tertiary/aromatic N) is 1. The topological polar surface area (TPSA) is 95.6 Å². The maximum absolute atomic E-state index is 10.5. The monoisotopic (exact) mass is 260 g/mol. The minimum Gasteiger partial charge on any atom is -0.395 e. The third-order valence-corrected chi connectivity index (χ3v) is 2.62. The summed E-state index contributed by atoms with van der Waals surface area (Å²) >= 11 is 5.87. The van der Waals surface area contributed by atoms with Crippen molar-refractivity contribution in [1.82, 2.24) is 5.32 Å². The highest BCUT2D eigenvalue weighted by Gasteiger charge is 2.10. The average Bonchev–Trinajstić information content (AvgIpc) is 2.31. The maximum atomic E-state index is 10.5. The number of hydrogen-bond acceptors (Lipinski definition) is 5. The van der Waals surface area contributed by atoms with Crippen molar-refractivity contribution in [2.45, 2.75) is 12.6 Å². The Labute approximate surface area is 103 Å². The Bertz CT molecular complexity index is 396. The zero-order valence-corrected chi connectivity index (χ0v) is 9.72. The molecule has 1 rings (SSSR count). The van der Waals surface area contributed by atoms with E-state index in [0.717, 1.165) is 0 Å². The number of hydrogen-bond donors (Lipinski definition) is 3. The van der Waals surface area contributed by atoms with E-state index in [9.17, 15) is 10.1 Å². The lowest BCUT2D eigenvalue weighted by Gasteiger charge is -2.13. The van der Waals surface area contributed by atoms with Gasteiger partial charge in [-0.05, 0) is 11.6 Å². The minimum absolute atomic E-state index is 0.0698. The van der Waals surface area contributed by atoms with Gasteiger partial charge in [0.05, 0.1) is 29.2 Å². The van der Waals surface area contributed by atoms with Crippen LogP contribution >= 0.6 is 11.6 Å². The van der Waals surface area contributed by atoms with Gasteiger partial charge in [0.1, 0.15) is 0 Å². The molecule has 6 nitrogen and oxygen atoms in total. The van der Waals surface area contributed by atoms with Gasteiger partial charge in [-0.15, -0.1) is 0 Å². The van der Waals surface area contributed by atoms with Crippen molar-refractivity contribution in [3.63, 3.8) is 0 Å². The van der Waals surface area contributed by atoms with E-state index in [1.165, 1.54) is 12.1 Å². The van der Waals surface area contributed by atoms with Crippen LogP contribution in [0.15, 0.2) is 18.2 Å². The van der Waals surface area contributed by atoms with E-state index in [4.69, 9.17) is 21.8 Å². The normalized spacial score (nSPS) is 10.8. The zero-order valence-electron chi connectivity index (χ0n) is 8.97. The Morgan fingerprint density at radius 3 is 2.53 bits per heavy atom. The second-order valence-electron chi connectivity index (χ2n) is 3.48. The molecule has 17 heavy (non-hydrogen) atoms. The molecule has 1 aromatic rings. The van der Waals surface area contributed by atoms with Crippen molar-refractivity contribution >= 4 is 17.3 Å². The smallest absolute Gasteiger partial charge is 0.270 e. The molecule has 0 atom stereocenters. The van der Waals surface area contributed by atoms with Crippen LogP contribution in [0.1, 0.15) is 5.56 Å². The Kier molecular flexibility index (Phi) is 5.30. The van der Waals surface area contributed by atoms with Crippen molar-refractivity contribution in [3.05, 3.63) is 38.9 Å². The fraction of sp³-hybridized carbons (Fsp3) is 0.400. The summed E-state index contributed by atoms with van der Waals surface area (Å²) < 4.78 is 0. The molecular weight excluding hydrogens is 248 g/mol. The van der Waals surface area contributed by atoms with Gasteiger partial charge in [0.15, 0.2) is 0 Å². The summed E-state index contributed by atoms with van der Waals surface area (Å²) in [5, 5.41) is 31.3. The molecule has 0 saturated heterocycles. The third kappa shape index (κ3) is 3.94. The van der Waals surface area contributed by atoms with Crippen molar-refractivity contribution < 1.29 is 15.1 Å². The van der Waals surface area contributed by atoms with Gasteiger partial charge in [0, 0.05) is 18.7 Å². The largest absolute Gasteiger partial charge is 0.395 e. The molecule has 94 valence electrons. The molecule has 0 heterocycles. The van der Waals surface area contributed by atoms with Crippen molar-refractivity contribution in [1.29, 1.82) is 0 Å².